The van der Waals surface area contributed by atoms with Crippen LogP contribution in [-0.4, -0.2) is 26.4 Å². The van der Waals surface area contributed by atoms with Crippen molar-refractivity contribution in [1.82, 2.24) is 0 Å². The van der Waals surface area contributed by atoms with E-state index in [1.165, 1.54) is 68.8 Å². The predicted octanol–water partition coefficient (Wildman–Crippen LogP) is 7.66. The molecule has 3 aromatic carbocycles. The first-order valence-electron chi connectivity index (χ1n) is 10.7. The predicted molar refractivity (Wildman–Crippen MR) is 126 cm³/mol. The van der Waals surface area contributed by atoms with Gasteiger partial charge in [0.05, 0.1) is 24.7 Å². The number of methoxy groups -OCH3 is 2. The van der Waals surface area contributed by atoms with Crippen LogP contribution in [0.25, 0.3) is 5.70 Å². The van der Waals surface area contributed by atoms with Gasteiger partial charge in [-0.1, -0.05) is 12.1 Å². The summed E-state index contributed by atoms with van der Waals surface area (Å²) in [5.74, 6) is -1.32. The lowest BCUT2D eigenvalue weighted by molar-refractivity contribution is -0.163. The zero-order valence-electron chi connectivity index (χ0n) is 18.8. The molecule has 0 amide bonds. The number of benzene rings is 3. The molecule has 0 aromatic heterocycles. The number of hydrogen-bond donors (Lipinski definition) is 0. The van der Waals surface area contributed by atoms with Crippen molar-refractivity contribution >= 4 is 27.3 Å². The molecule has 1 fully saturated rings. The van der Waals surface area contributed by atoms with E-state index in [9.17, 15) is 26.3 Å². The fourth-order valence-corrected chi connectivity index (χ4v) is 5.70. The average Bonchev–Trinajstić information content (AvgIpc) is 3.46. The number of halogens is 7. The van der Waals surface area contributed by atoms with Crippen LogP contribution in [0.15, 0.2) is 71.2 Å². The van der Waals surface area contributed by atoms with E-state index in [2.05, 4.69) is 15.9 Å². The molecule has 1 saturated carbocycles. The molecule has 3 atom stereocenters. The molecule has 0 saturated heterocycles. The molecule has 1 heterocycles. The third-order valence-corrected chi connectivity index (χ3v) is 7.53. The molecular formula is C26H18BrF6NO2. The van der Waals surface area contributed by atoms with E-state index in [1.54, 1.807) is 0 Å². The second-order valence-electron chi connectivity index (χ2n) is 8.55. The Morgan fingerprint density at radius 1 is 0.917 bits per heavy atom. The zero-order valence-corrected chi connectivity index (χ0v) is 20.4. The molecule has 0 spiro atoms. The van der Waals surface area contributed by atoms with Gasteiger partial charge >= 0.3 is 6.18 Å². The van der Waals surface area contributed by atoms with Gasteiger partial charge in [-0.3, -0.25) is 0 Å². The van der Waals surface area contributed by atoms with Gasteiger partial charge in [-0.15, -0.1) is 0 Å². The van der Waals surface area contributed by atoms with E-state index in [0.29, 0.717) is 11.5 Å². The van der Waals surface area contributed by atoms with Crippen LogP contribution in [-0.2, 0) is 5.41 Å². The van der Waals surface area contributed by atoms with Crippen LogP contribution in [0.2, 0.25) is 0 Å². The number of anilines is 1. The maximum Gasteiger partial charge on any atom is 0.401 e. The quantitative estimate of drug-likeness (QED) is 0.294. The molecule has 1 aliphatic heterocycles. The standard InChI is InChI=1S/C26H18BrF6NO2/c1-35-15-7-3-13(4-8-15)22(24(29)30)34-20-12-18(27)19(28)11-17(20)21-23(34)25(21,26(31,32)33)14-5-9-16(36-2)10-6-14/h3-12,21,23H,1-2H3/t21-,23+,25+/m0/s1. The normalized spacial score (nSPS) is 22.1. The van der Waals surface area contributed by atoms with Crippen LogP contribution in [0, 0.1) is 5.82 Å². The number of hydrogen-bond acceptors (Lipinski definition) is 3. The van der Waals surface area contributed by atoms with Gasteiger partial charge in [-0.05, 0) is 75.6 Å². The third-order valence-electron chi connectivity index (χ3n) is 6.93. The highest BCUT2D eigenvalue weighted by Crippen LogP contribution is 2.76. The van der Waals surface area contributed by atoms with Gasteiger partial charge in [0.25, 0.3) is 6.08 Å². The number of rotatable bonds is 5. The lowest BCUT2D eigenvalue weighted by Gasteiger charge is -2.33. The van der Waals surface area contributed by atoms with Crippen molar-refractivity contribution in [2.24, 2.45) is 0 Å². The Morgan fingerprint density at radius 3 is 1.97 bits per heavy atom. The van der Waals surface area contributed by atoms with Crippen molar-refractivity contribution in [2.45, 2.75) is 23.6 Å². The molecule has 36 heavy (non-hydrogen) atoms. The average molecular weight is 570 g/mol. The van der Waals surface area contributed by atoms with E-state index in [-0.39, 0.29) is 26.9 Å². The summed E-state index contributed by atoms with van der Waals surface area (Å²) >= 11 is 3.04. The minimum Gasteiger partial charge on any atom is -0.497 e. The Morgan fingerprint density at radius 2 is 1.47 bits per heavy atom. The molecule has 3 nitrogen and oxygen atoms in total. The van der Waals surface area contributed by atoms with E-state index in [4.69, 9.17) is 9.47 Å². The van der Waals surface area contributed by atoms with Crippen LogP contribution in [0.3, 0.4) is 0 Å². The van der Waals surface area contributed by atoms with Gasteiger partial charge in [-0.25, -0.2) is 4.39 Å². The Hall–Kier alpha value is -3.14. The first-order valence-corrected chi connectivity index (χ1v) is 11.5. The fourth-order valence-electron chi connectivity index (χ4n) is 5.37. The number of nitrogens with zero attached hydrogens (tertiary/aromatic N) is 1. The summed E-state index contributed by atoms with van der Waals surface area (Å²) in [6, 6.07) is 11.7. The molecule has 188 valence electrons. The fraction of sp³-hybridized carbons (Fsp3) is 0.231. The summed E-state index contributed by atoms with van der Waals surface area (Å²) in [6.07, 6.45) is -6.99. The highest BCUT2D eigenvalue weighted by Gasteiger charge is 2.84. The first kappa shape index (κ1) is 24.5. The van der Waals surface area contributed by atoms with E-state index >= 15 is 0 Å². The minimum atomic E-state index is -4.83. The van der Waals surface area contributed by atoms with Crippen LogP contribution < -0.4 is 14.4 Å². The van der Waals surface area contributed by atoms with Gasteiger partial charge in [0.2, 0.25) is 0 Å². The Labute approximate surface area is 211 Å². The maximum absolute atomic E-state index is 14.9. The van der Waals surface area contributed by atoms with E-state index < -0.39 is 41.1 Å². The Kier molecular flexibility index (Phi) is 5.77. The van der Waals surface area contributed by atoms with E-state index in [1.807, 2.05) is 0 Å². The zero-order chi connectivity index (χ0) is 26.0. The first-order chi connectivity index (χ1) is 17.1. The topological polar surface area (TPSA) is 21.7 Å². The molecule has 0 N–H and O–H groups in total. The summed E-state index contributed by atoms with van der Waals surface area (Å²) in [5, 5.41) is 0. The molecule has 2 aliphatic rings. The molecule has 3 aromatic rings. The summed E-state index contributed by atoms with van der Waals surface area (Å²) in [7, 11) is 2.79. The van der Waals surface area contributed by atoms with Crippen molar-refractivity contribution in [3.8, 4) is 11.5 Å². The smallest absolute Gasteiger partial charge is 0.401 e. The molecule has 1 aliphatic carbocycles. The van der Waals surface area contributed by atoms with Gasteiger partial charge in [0.15, 0.2) is 0 Å². The van der Waals surface area contributed by atoms with Gasteiger partial charge < -0.3 is 14.4 Å². The van der Waals surface area contributed by atoms with Gasteiger partial charge in [-0.2, -0.15) is 22.0 Å². The van der Waals surface area contributed by atoms with Crippen molar-refractivity contribution in [2.75, 3.05) is 19.1 Å². The second kappa shape index (κ2) is 8.47. The number of alkyl halides is 3. The van der Waals surface area contributed by atoms with Crippen LogP contribution in [0.4, 0.5) is 32.0 Å². The van der Waals surface area contributed by atoms with Crippen molar-refractivity contribution in [1.29, 1.82) is 0 Å². The van der Waals surface area contributed by atoms with Gasteiger partial charge in [0.1, 0.15) is 28.4 Å². The number of ether oxygens (including phenoxy) is 2. The third kappa shape index (κ3) is 3.41. The maximum atomic E-state index is 14.9. The van der Waals surface area contributed by atoms with Crippen molar-refractivity contribution in [3.05, 3.63) is 93.7 Å². The van der Waals surface area contributed by atoms with Crippen molar-refractivity contribution in [3.63, 3.8) is 0 Å². The molecular weight excluding hydrogens is 552 g/mol. The molecule has 10 heteroatoms. The Bertz CT molecular complexity index is 1350. The highest BCUT2D eigenvalue weighted by atomic mass is 79.9. The monoisotopic (exact) mass is 569 g/mol. The summed E-state index contributed by atoms with van der Waals surface area (Å²) in [5.41, 5.74) is -3.21. The Balaban J connectivity index is 1.75. The SMILES string of the molecule is COc1ccc(C(=C(F)F)N2c3cc(Br)c(F)cc3[C@H]3[C@@H]2[C@]3(c2ccc(OC)cc2)C(F)(F)F)cc1. The lowest BCUT2D eigenvalue weighted by atomic mass is 9.87. The molecule has 0 bridgehead atoms. The minimum absolute atomic E-state index is 0.000512. The largest absolute Gasteiger partial charge is 0.497 e. The van der Waals surface area contributed by atoms with Gasteiger partial charge in [0, 0.05) is 17.2 Å². The summed E-state index contributed by atoms with van der Waals surface area (Å²) in [6.45, 7) is 0. The number of fused-ring (bicyclic) bond motifs is 3. The molecule has 0 radical (unpaired) electrons. The van der Waals surface area contributed by atoms with Crippen LogP contribution in [0.5, 0.6) is 11.5 Å². The highest BCUT2D eigenvalue weighted by molar-refractivity contribution is 9.10. The molecule has 5 rings (SSSR count). The summed E-state index contributed by atoms with van der Waals surface area (Å²) in [4.78, 5) is 0.999. The van der Waals surface area contributed by atoms with Crippen LogP contribution in [0.1, 0.15) is 22.6 Å². The van der Waals surface area contributed by atoms with Crippen LogP contribution >= 0.6 is 15.9 Å². The van der Waals surface area contributed by atoms with E-state index in [0.717, 1.165) is 11.0 Å². The molecule has 0 unspecified atom stereocenters. The van der Waals surface area contributed by atoms with Crippen molar-refractivity contribution < 1.29 is 35.8 Å². The second-order valence-corrected chi connectivity index (χ2v) is 9.40. The lowest BCUT2D eigenvalue weighted by Crippen LogP contribution is -2.40. The summed E-state index contributed by atoms with van der Waals surface area (Å²) < 4.78 is 98.6.